The van der Waals surface area contributed by atoms with E-state index in [9.17, 15) is 0 Å². The van der Waals surface area contributed by atoms with Gasteiger partial charge >= 0.3 is 0 Å². The summed E-state index contributed by atoms with van der Waals surface area (Å²) < 4.78 is 0. The third-order valence-electron chi connectivity index (χ3n) is 3.88. The lowest BCUT2D eigenvalue weighted by Crippen LogP contribution is -2.12. The van der Waals surface area contributed by atoms with Crippen molar-refractivity contribution in [2.45, 2.75) is 32.1 Å². The fraction of sp³-hybridized carbons (Fsp3) is 0.692. The smallest absolute Gasteiger partial charge is 0.126 e. The molecule has 2 atom stereocenters. The van der Waals surface area contributed by atoms with Crippen LogP contribution in [0.25, 0.3) is 0 Å². The number of allylic oxidation sites excluding steroid dienone is 1. The molecule has 2 unspecified atom stereocenters. The summed E-state index contributed by atoms with van der Waals surface area (Å²) in [7, 11) is 0. The molecular formula is C13H18N2. The number of nitrogens with zero attached hydrogens (tertiary/aromatic N) is 2. The van der Waals surface area contributed by atoms with Crippen molar-refractivity contribution >= 4 is 11.5 Å². The number of hydrogen-bond donors (Lipinski definition) is 0. The Morgan fingerprint density at radius 1 is 1.13 bits per heavy atom. The molecule has 0 N–H and O–H groups in total. The summed E-state index contributed by atoms with van der Waals surface area (Å²) in [5, 5.41) is 0. The lowest BCUT2D eigenvalue weighted by molar-refractivity contribution is 0.659. The van der Waals surface area contributed by atoms with E-state index in [0.717, 1.165) is 24.2 Å². The average molecular weight is 202 g/mol. The van der Waals surface area contributed by atoms with Crippen molar-refractivity contribution in [1.29, 1.82) is 0 Å². The van der Waals surface area contributed by atoms with Crippen molar-refractivity contribution in [3.8, 4) is 0 Å². The minimum atomic E-state index is 0.702. The van der Waals surface area contributed by atoms with E-state index in [1.54, 1.807) is 0 Å². The predicted octanol–water partition coefficient (Wildman–Crippen LogP) is 2.85. The molecule has 2 heteroatoms. The molecule has 0 bridgehead atoms. The molecule has 0 spiro atoms. The maximum Gasteiger partial charge on any atom is 0.126 e. The second-order valence-electron chi connectivity index (χ2n) is 5.06. The van der Waals surface area contributed by atoms with Crippen LogP contribution in [0.15, 0.2) is 22.6 Å². The average Bonchev–Trinajstić information content (AvgIpc) is 2.84. The van der Waals surface area contributed by atoms with Crippen LogP contribution in [0.2, 0.25) is 0 Å². The standard InChI is InChI=1S/C13H18N2/c1-2-9-3-4-11(7-9)12-8-14-13(15-12)10-5-6-10/h2,9-11H,1,3-8H2. The summed E-state index contributed by atoms with van der Waals surface area (Å²) in [5.41, 5.74) is 1.36. The van der Waals surface area contributed by atoms with Crippen molar-refractivity contribution < 1.29 is 0 Å². The zero-order chi connectivity index (χ0) is 10.3. The fourth-order valence-corrected chi connectivity index (χ4v) is 2.70. The van der Waals surface area contributed by atoms with E-state index in [4.69, 9.17) is 4.99 Å². The van der Waals surface area contributed by atoms with Crippen molar-refractivity contribution in [2.75, 3.05) is 6.54 Å². The van der Waals surface area contributed by atoms with Crippen LogP contribution < -0.4 is 0 Å². The maximum atomic E-state index is 4.73. The van der Waals surface area contributed by atoms with E-state index < -0.39 is 0 Å². The molecule has 15 heavy (non-hydrogen) atoms. The Kier molecular flexibility index (Phi) is 2.23. The number of rotatable bonds is 3. The second kappa shape index (κ2) is 3.58. The van der Waals surface area contributed by atoms with Gasteiger partial charge in [0.1, 0.15) is 5.84 Å². The van der Waals surface area contributed by atoms with E-state index in [1.807, 2.05) is 0 Å². The van der Waals surface area contributed by atoms with Crippen LogP contribution in [-0.4, -0.2) is 18.1 Å². The van der Waals surface area contributed by atoms with Gasteiger partial charge in [0.2, 0.25) is 0 Å². The van der Waals surface area contributed by atoms with Crippen molar-refractivity contribution in [3.63, 3.8) is 0 Å². The molecule has 0 amide bonds. The molecule has 0 saturated heterocycles. The molecule has 3 rings (SSSR count). The largest absolute Gasteiger partial charge is 0.264 e. The molecule has 80 valence electrons. The molecule has 3 aliphatic rings. The molecule has 2 aliphatic carbocycles. The van der Waals surface area contributed by atoms with E-state index in [-0.39, 0.29) is 0 Å². The lowest BCUT2D eigenvalue weighted by atomic mass is 10.00. The topological polar surface area (TPSA) is 24.7 Å². The fourth-order valence-electron chi connectivity index (χ4n) is 2.70. The monoisotopic (exact) mass is 202 g/mol. The van der Waals surface area contributed by atoms with Crippen molar-refractivity contribution in [3.05, 3.63) is 12.7 Å². The Bertz CT molecular complexity index is 336. The van der Waals surface area contributed by atoms with Crippen LogP contribution >= 0.6 is 0 Å². The second-order valence-corrected chi connectivity index (χ2v) is 5.06. The van der Waals surface area contributed by atoms with Gasteiger partial charge in [0, 0.05) is 11.6 Å². The molecule has 0 aromatic carbocycles. The van der Waals surface area contributed by atoms with Gasteiger partial charge in [-0.1, -0.05) is 6.08 Å². The highest BCUT2D eigenvalue weighted by atomic mass is 15.0. The van der Waals surface area contributed by atoms with Crippen LogP contribution in [0.4, 0.5) is 0 Å². The first-order valence-electron chi connectivity index (χ1n) is 6.11. The Morgan fingerprint density at radius 2 is 1.93 bits per heavy atom. The maximum absolute atomic E-state index is 4.73. The molecule has 1 aliphatic heterocycles. The summed E-state index contributed by atoms with van der Waals surface area (Å²) in [5.74, 6) is 3.31. The minimum absolute atomic E-state index is 0.702. The Labute approximate surface area is 91.2 Å². The van der Waals surface area contributed by atoms with Gasteiger partial charge in [-0.15, -0.1) is 6.58 Å². The first-order valence-corrected chi connectivity index (χ1v) is 6.11. The van der Waals surface area contributed by atoms with Gasteiger partial charge in [-0.3, -0.25) is 4.99 Å². The number of amidine groups is 1. The first kappa shape index (κ1) is 9.32. The van der Waals surface area contributed by atoms with Gasteiger partial charge in [0.15, 0.2) is 0 Å². The van der Waals surface area contributed by atoms with E-state index >= 15 is 0 Å². The van der Waals surface area contributed by atoms with E-state index in [2.05, 4.69) is 17.6 Å². The van der Waals surface area contributed by atoms with Crippen LogP contribution in [0.3, 0.4) is 0 Å². The minimum Gasteiger partial charge on any atom is -0.264 e. The summed E-state index contributed by atoms with van der Waals surface area (Å²) in [4.78, 5) is 9.29. The Morgan fingerprint density at radius 3 is 2.60 bits per heavy atom. The highest BCUT2D eigenvalue weighted by molar-refractivity contribution is 6.06. The van der Waals surface area contributed by atoms with Gasteiger partial charge in [-0.05, 0) is 43.9 Å². The number of aliphatic imine (C=N–C) groups is 2. The molecule has 1 heterocycles. The highest BCUT2D eigenvalue weighted by Crippen LogP contribution is 2.36. The SMILES string of the molecule is C=CC1CCC(C2=NC(C3CC3)=NC2)C1. The summed E-state index contributed by atoms with van der Waals surface area (Å²) >= 11 is 0. The Hall–Kier alpha value is -0.920. The van der Waals surface area contributed by atoms with Crippen LogP contribution in [0, 0.1) is 17.8 Å². The first-order chi connectivity index (χ1) is 7.36. The highest BCUT2D eigenvalue weighted by Gasteiger charge is 2.33. The van der Waals surface area contributed by atoms with Gasteiger partial charge in [-0.2, -0.15) is 0 Å². The summed E-state index contributed by atoms with van der Waals surface area (Å²) in [6.45, 7) is 4.78. The lowest BCUT2D eigenvalue weighted by Gasteiger charge is -2.07. The molecule has 0 radical (unpaired) electrons. The van der Waals surface area contributed by atoms with Gasteiger partial charge in [-0.25, -0.2) is 4.99 Å². The van der Waals surface area contributed by atoms with E-state index in [1.165, 1.54) is 37.8 Å². The van der Waals surface area contributed by atoms with Crippen LogP contribution in [0.5, 0.6) is 0 Å². The zero-order valence-electron chi connectivity index (χ0n) is 9.15. The van der Waals surface area contributed by atoms with Gasteiger partial charge in [0.05, 0.1) is 6.54 Å². The molecular weight excluding hydrogens is 184 g/mol. The molecule has 0 aromatic heterocycles. The molecule has 2 fully saturated rings. The van der Waals surface area contributed by atoms with E-state index in [0.29, 0.717) is 5.92 Å². The molecule has 2 nitrogen and oxygen atoms in total. The van der Waals surface area contributed by atoms with Crippen LogP contribution in [0.1, 0.15) is 32.1 Å². The van der Waals surface area contributed by atoms with Crippen molar-refractivity contribution in [2.24, 2.45) is 27.7 Å². The normalized spacial score (nSPS) is 35.2. The molecule has 2 saturated carbocycles. The van der Waals surface area contributed by atoms with Crippen LogP contribution in [-0.2, 0) is 0 Å². The predicted molar refractivity (Wildman–Crippen MR) is 63.5 cm³/mol. The number of hydrogen-bond acceptors (Lipinski definition) is 2. The summed E-state index contributed by atoms with van der Waals surface area (Å²) in [6.07, 6.45) is 8.59. The quantitative estimate of drug-likeness (QED) is 0.629. The third-order valence-corrected chi connectivity index (χ3v) is 3.88. The van der Waals surface area contributed by atoms with Gasteiger partial charge in [0.25, 0.3) is 0 Å². The third kappa shape index (κ3) is 1.77. The van der Waals surface area contributed by atoms with Gasteiger partial charge < -0.3 is 0 Å². The Balaban J connectivity index is 1.65. The molecule has 0 aromatic rings. The van der Waals surface area contributed by atoms with Crippen molar-refractivity contribution in [1.82, 2.24) is 0 Å². The summed E-state index contributed by atoms with van der Waals surface area (Å²) in [6, 6.07) is 0. The zero-order valence-corrected chi connectivity index (χ0v) is 9.15.